The molecule has 2 N–H and O–H groups in total. The number of nitrogens with one attached hydrogen (secondary N) is 1. The van der Waals surface area contributed by atoms with Gasteiger partial charge in [0.2, 0.25) is 0 Å². The first-order chi connectivity index (χ1) is 55.3. The van der Waals surface area contributed by atoms with Crippen molar-refractivity contribution in [3.63, 3.8) is 0 Å². The lowest BCUT2D eigenvalue weighted by Crippen LogP contribution is -2.68. The van der Waals surface area contributed by atoms with E-state index >= 15 is 0 Å². The molecular weight excluding hydrogens is 1530 g/mol. The van der Waals surface area contributed by atoms with Crippen LogP contribution in [0.25, 0.3) is 11.2 Å². The number of terminal acetylenes is 3. The van der Waals surface area contributed by atoms with Crippen molar-refractivity contribution in [3.8, 4) is 37.0 Å². The van der Waals surface area contributed by atoms with Crippen LogP contribution in [0.1, 0.15) is 126 Å². The number of amides is 1. The minimum absolute atomic E-state index is 0.0521. The Kier molecular flexibility index (Phi) is 27.9. The number of imidazole rings is 1. The summed E-state index contributed by atoms with van der Waals surface area (Å²) in [5.74, 6) is 7.51. The minimum Gasteiger partial charge on any atom is -0.479 e. The lowest BCUT2D eigenvalue weighted by Gasteiger charge is -2.45. The van der Waals surface area contributed by atoms with Crippen molar-refractivity contribution in [1.82, 2.24) is 19.5 Å². The number of aliphatic hydroxyl groups is 1. The summed E-state index contributed by atoms with van der Waals surface area (Å²) in [7, 11) is -3.72. The Labute approximate surface area is 693 Å². The first-order valence-corrected chi connectivity index (χ1v) is 45.4. The molecule has 12 atom stereocenters. The van der Waals surface area contributed by atoms with Gasteiger partial charge in [-0.25, -0.2) is 15.0 Å². The smallest absolute Gasteiger partial charge is 0.261 e. The summed E-state index contributed by atoms with van der Waals surface area (Å²) in [5.41, 5.74) is -1.80. The maximum Gasteiger partial charge on any atom is 0.261 e. The van der Waals surface area contributed by atoms with E-state index in [4.69, 9.17) is 87.4 Å². The van der Waals surface area contributed by atoms with Crippen molar-refractivity contribution in [2.24, 2.45) is 0 Å². The number of hydrogen-bond donors (Lipinski definition) is 2. The SMILES string of the molecule is C#CC[C@]1(CO[Si](c2ccccc2)(c2ccccc2)C(C)(C)C)O[C@@H](C)[C@H](OC(C)=S)[C@@H]1OC.C#CC[C@]1(CO[Si](c2ccccc2)(c2ccccc2)C(C)(C)C)O[C@@H](n2cnc3c(NC(=O)c4ccccc4)ncnc32)[C@H](O)[C@@H]1OC.C#CC[C@]1(CO[Si](c2ccccc2)(c2ccccc2)C(C)(C)C)O[C@@H]2OC(C)(C)O[C@@H]2[C@@H]1OC. The quantitative estimate of drug-likeness (QED) is 0.0310. The average Bonchev–Trinajstić information content (AvgIpc) is 1.45. The van der Waals surface area contributed by atoms with Crippen molar-refractivity contribution >= 4 is 96.2 Å². The largest absolute Gasteiger partial charge is 0.479 e. The Morgan fingerprint density at radius 1 is 0.517 bits per heavy atom. The average molecular weight is 1640 g/mol. The Hall–Kier alpha value is -8.70. The molecule has 2 aromatic heterocycles. The second-order valence-electron chi connectivity index (χ2n) is 33.5. The van der Waals surface area contributed by atoms with Crippen LogP contribution in [0.4, 0.5) is 5.82 Å². The van der Waals surface area contributed by atoms with Gasteiger partial charge < -0.3 is 66.3 Å². The maximum absolute atomic E-state index is 12.9. The van der Waals surface area contributed by atoms with E-state index in [1.165, 1.54) is 40.5 Å². The van der Waals surface area contributed by atoms with E-state index in [2.05, 4.69) is 222 Å². The highest BCUT2D eigenvalue weighted by Crippen LogP contribution is 2.49. The standard InChI is InChI=1S/C37H39N5O5Si.C28H36O5Si.C28H36O4SSi/c1-6-22-37(23-46-48(36(2,3)4,27-18-12-8-13-19-27)28-20-14-9-15-21-28)31(45-5)30(43)35(47-37)42-25-40-29-32(38-24-39-33(29)42)41-34(44)26-16-10-7-11-17-26;1-8-19-28(24(29-7)23-25(33-28)32-27(5,6)31-23)20-30-34(26(2,3)4,21-15-11-9-12-16-21)22-17-13-10-14-18-22;1-8-19-28(26(29-7)25(21(2)32-28)31-22(3)33)20-30-34(27(4,5)6,23-15-11-9-12-16-23)24-17-13-10-14-18-24/h1,7-21,24-25,30-31,35,43H,22-23H2,2-5H3,(H,38,39,41,44);1,9-18,23-25H,19-20H2,2-7H3;1,9-18,21,25-26H,19-20H2,2-7H3/t30-,31+,35-,37-;23-,24+,25+,28-;21-,25-,26-,28+/m110/s1. The van der Waals surface area contributed by atoms with Crippen LogP contribution in [0.2, 0.25) is 15.1 Å². The molecule has 6 heterocycles. The van der Waals surface area contributed by atoms with Gasteiger partial charge in [0.1, 0.15) is 53.7 Å². The molecule has 4 saturated heterocycles. The van der Waals surface area contributed by atoms with Crippen molar-refractivity contribution in [1.29, 1.82) is 0 Å². The molecule has 0 bridgehead atoms. The van der Waals surface area contributed by atoms with Gasteiger partial charge in [0, 0.05) is 53.1 Å². The summed E-state index contributed by atoms with van der Waals surface area (Å²) in [4.78, 5) is 26.1. The van der Waals surface area contributed by atoms with Crippen LogP contribution in [0, 0.1) is 37.0 Å². The fourth-order valence-corrected chi connectivity index (χ4v) is 31.4. The molecule has 0 spiro atoms. The number of aliphatic hydroxyl groups excluding tert-OH is 1. The first-order valence-electron chi connectivity index (χ1n) is 39.3. The van der Waals surface area contributed by atoms with Crippen molar-refractivity contribution in [2.75, 3.05) is 46.5 Å². The summed E-state index contributed by atoms with van der Waals surface area (Å²) < 4.78 is 79.1. The maximum atomic E-state index is 12.9. The summed E-state index contributed by atoms with van der Waals surface area (Å²) in [6.07, 6.45) is 15.9. The Morgan fingerprint density at radius 2 is 0.879 bits per heavy atom. The van der Waals surface area contributed by atoms with E-state index < -0.39 is 84.5 Å². The predicted molar refractivity (Wildman–Crippen MR) is 466 cm³/mol. The number of rotatable bonds is 25. The number of fused-ring (bicyclic) bond motifs is 2. The van der Waals surface area contributed by atoms with E-state index in [1.807, 2.05) is 87.5 Å². The number of carbonyl (C=O) groups is 1. The van der Waals surface area contributed by atoms with E-state index in [0.29, 0.717) is 34.6 Å². The molecule has 19 nitrogen and oxygen atoms in total. The lowest BCUT2D eigenvalue weighted by molar-refractivity contribution is -0.245. The molecule has 4 fully saturated rings. The van der Waals surface area contributed by atoms with Crippen LogP contribution in [0.15, 0.2) is 225 Å². The highest BCUT2D eigenvalue weighted by molar-refractivity contribution is 7.80. The topological polar surface area (TPSA) is 204 Å². The minimum atomic E-state index is -3.01. The molecule has 23 heteroatoms. The molecule has 4 aliphatic rings. The third kappa shape index (κ3) is 17.6. The molecule has 610 valence electrons. The molecule has 116 heavy (non-hydrogen) atoms. The highest BCUT2D eigenvalue weighted by atomic mass is 32.1. The second-order valence-corrected chi connectivity index (χ2v) is 47.0. The Bertz CT molecular complexity index is 4750. The summed E-state index contributed by atoms with van der Waals surface area (Å²) in [5, 5.41) is 21.4. The number of methoxy groups -OCH3 is 3. The number of carbonyl (C=O) groups excluding carboxylic acids is 1. The number of nitrogens with zero attached hydrogens (tertiary/aromatic N) is 4. The summed E-state index contributed by atoms with van der Waals surface area (Å²) in [6.45, 7) is 28.2. The number of thiocarbonyl (C=S) groups is 1. The van der Waals surface area contributed by atoms with Crippen molar-refractivity contribution in [3.05, 3.63) is 231 Å². The third-order valence-corrected chi connectivity index (χ3v) is 37.5. The van der Waals surface area contributed by atoms with Crippen molar-refractivity contribution < 1.29 is 65.8 Å². The fraction of sp³-hybridized carbons (Fsp3) is 0.409. The fourth-order valence-electron chi connectivity index (χ4n) is 17.5. The third-order valence-electron chi connectivity index (χ3n) is 22.5. The van der Waals surface area contributed by atoms with E-state index in [9.17, 15) is 9.90 Å². The van der Waals surface area contributed by atoms with Gasteiger partial charge in [-0.05, 0) is 91.4 Å². The number of hydrogen-bond acceptors (Lipinski definition) is 18. The van der Waals surface area contributed by atoms with Gasteiger partial charge in [0.15, 0.2) is 46.4 Å². The molecule has 0 unspecified atom stereocenters. The van der Waals surface area contributed by atoms with Crippen molar-refractivity contribution in [2.45, 2.75) is 202 Å². The van der Waals surface area contributed by atoms with E-state index in [1.54, 1.807) is 50.0 Å². The predicted octanol–water partition coefficient (Wildman–Crippen LogP) is 12.7. The van der Waals surface area contributed by atoms with Crippen LogP contribution in [-0.2, 0) is 55.9 Å². The van der Waals surface area contributed by atoms with E-state index in [0.717, 1.165) is 10.4 Å². The van der Waals surface area contributed by atoms with Crippen LogP contribution in [0.5, 0.6) is 0 Å². The van der Waals surface area contributed by atoms with Crippen LogP contribution in [0.3, 0.4) is 0 Å². The normalized spacial score (nSPS) is 24.4. The second kappa shape index (κ2) is 36.7. The number of anilines is 1. The lowest BCUT2D eigenvalue weighted by atomic mass is 9.92. The molecular formula is C93H111N5O14SSi3. The first kappa shape index (κ1) is 88.1. The highest BCUT2D eigenvalue weighted by Gasteiger charge is 2.65. The van der Waals surface area contributed by atoms with Gasteiger partial charge in [0.25, 0.3) is 30.9 Å². The summed E-state index contributed by atoms with van der Waals surface area (Å²) in [6, 6.07) is 71.5. The van der Waals surface area contributed by atoms with Crippen LogP contribution < -0.4 is 36.4 Å². The Balaban J connectivity index is 0.000000175. The number of aromatic nitrogens is 4. The molecule has 9 aromatic rings. The molecule has 0 radical (unpaired) electrons. The summed E-state index contributed by atoms with van der Waals surface area (Å²) >= 11 is 5.23. The molecule has 7 aromatic carbocycles. The van der Waals surface area contributed by atoms with E-state index in [-0.39, 0.29) is 71.4 Å². The van der Waals surface area contributed by atoms with Gasteiger partial charge in [0.05, 0.1) is 32.3 Å². The van der Waals surface area contributed by atoms with Gasteiger partial charge in [-0.1, -0.05) is 263 Å². The zero-order valence-electron chi connectivity index (χ0n) is 69.5. The monoisotopic (exact) mass is 1640 g/mol. The van der Waals surface area contributed by atoms with Gasteiger partial charge in [-0.3, -0.25) is 9.36 Å². The molecule has 0 saturated carbocycles. The number of benzene rings is 7. The molecule has 0 aliphatic carbocycles. The Morgan fingerprint density at radius 3 is 1.23 bits per heavy atom. The van der Waals surface area contributed by atoms with Gasteiger partial charge in [-0.2, -0.15) is 0 Å². The zero-order valence-corrected chi connectivity index (χ0v) is 73.3. The van der Waals surface area contributed by atoms with Gasteiger partial charge >= 0.3 is 0 Å². The molecule has 4 aliphatic heterocycles. The van der Waals surface area contributed by atoms with Crippen LogP contribution in [-0.4, -0.2) is 173 Å². The number of ether oxygens (including phenoxy) is 9. The van der Waals surface area contributed by atoms with Crippen LogP contribution >= 0.6 is 12.2 Å². The zero-order chi connectivity index (χ0) is 83.5. The molecule has 13 rings (SSSR count). The van der Waals surface area contributed by atoms with Gasteiger partial charge in [-0.15, -0.1) is 37.0 Å². The molecule has 1 amide bonds.